The Morgan fingerprint density at radius 1 is 0.889 bits per heavy atom. The van der Waals surface area contributed by atoms with Gasteiger partial charge >= 0.3 is 21.1 Å². The molecule has 0 unspecified atom stereocenters. The Labute approximate surface area is 151 Å². The smallest absolute Gasteiger partial charge is 0.543 e. The van der Waals surface area contributed by atoms with Crippen molar-refractivity contribution < 1.29 is 40.9 Å². The van der Waals surface area contributed by atoms with Crippen LogP contribution in [0, 0.1) is 0 Å². The fourth-order valence-corrected chi connectivity index (χ4v) is 0. The molecule has 0 aliphatic carbocycles. The van der Waals surface area contributed by atoms with Crippen molar-refractivity contribution in [2.24, 2.45) is 0 Å². The van der Waals surface area contributed by atoms with Crippen molar-refractivity contribution >= 4 is 115 Å². The van der Waals surface area contributed by atoms with Crippen LogP contribution in [-0.2, 0) is 30.7 Å². The number of carbonyl (C=O) groups excluding carboxylic acids is 2. The summed E-state index contributed by atoms with van der Waals surface area (Å²) >= 11 is 0. The van der Waals surface area contributed by atoms with Crippen molar-refractivity contribution in [1.29, 1.82) is 0 Å². The van der Waals surface area contributed by atoms with Gasteiger partial charge in [-0.15, -0.1) is 0 Å². The van der Waals surface area contributed by atoms with E-state index in [0.29, 0.717) is 0 Å². The average Bonchev–Trinajstić information content (AvgIpc) is 1.36. The van der Waals surface area contributed by atoms with Gasteiger partial charge in [0.1, 0.15) is 0 Å². The van der Waals surface area contributed by atoms with E-state index < -0.39 is 11.9 Å². The van der Waals surface area contributed by atoms with Crippen LogP contribution in [-0.4, -0.2) is 115 Å². The summed E-state index contributed by atoms with van der Waals surface area (Å²) in [5.41, 5.74) is 0. The largest absolute Gasteiger partial charge is 2.00 e. The Morgan fingerprint density at radius 2 is 1.00 bits per heavy atom. The molecule has 0 aromatic heterocycles. The Bertz CT molecular complexity index is 82.6. The zero-order valence-electron chi connectivity index (χ0n) is 4.95. The van der Waals surface area contributed by atoms with Crippen LogP contribution < -0.4 is 10.2 Å². The second kappa shape index (κ2) is 13.5. The third-order valence-electron chi connectivity index (χ3n) is 0.167. The molecule has 0 N–H and O–H groups in total. The van der Waals surface area contributed by atoms with Gasteiger partial charge in [-0.25, -0.2) is 0 Å². The standard InChI is InChI=1S/C2H2O4.2K.Pt/c3-1(4)2(5)6;;;/h(H,3,4)(H,5,6);;;/q;;;+2/p-2. The first-order chi connectivity index (χ1) is 2.64. The second-order valence-electron chi connectivity index (χ2n) is 0.575. The summed E-state index contributed by atoms with van der Waals surface area (Å²) in [7, 11) is 0. The minimum absolute atomic E-state index is 0. The first-order valence-corrected chi connectivity index (χ1v) is 1.07. The van der Waals surface area contributed by atoms with Crippen LogP contribution in [0.25, 0.3) is 0 Å². The molecular formula is C2K2O4Pt. The molecule has 0 aromatic rings. The van der Waals surface area contributed by atoms with E-state index in [1.807, 2.05) is 0 Å². The van der Waals surface area contributed by atoms with E-state index in [2.05, 4.69) is 0 Å². The Hall–Kier alpha value is 2.90. The molecule has 0 bridgehead atoms. The monoisotopic (exact) mass is 361 g/mol. The van der Waals surface area contributed by atoms with Gasteiger partial charge in [0.25, 0.3) is 0 Å². The number of rotatable bonds is 0. The van der Waals surface area contributed by atoms with E-state index in [0.717, 1.165) is 0 Å². The molecule has 7 heteroatoms. The number of aliphatic carboxylic acids is 2. The molecule has 0 spiro atoms. The molecule has 0 saturated heterocycles. The minimum Gasteiger partial charge on any atom is -0.543 e. The summed E-state index contributed by atoms with van der Waals surface area (Å²) in [6.45, 7) is 0. The molecule has 0 atom stereocenters. The number of hydrogen-bond acceptors (Lipinski definition) is 4. The summed E-state index contributed by atoms with van der Waals surface area (Å²) in [6.07, 6.45) is 0. The van der Waals surface area contributed by atoms with Gasteiger partial charge in [0.2, 0.25) is 0 Å². The van der Waals surface area contributed by atoms with Crippen LogP contribution in [0.4, 0.5) is 0 Å². The molecule has 0 fully saturated rings. The molecule has 9 heavy (non-hydrogen) atoms. The topological polar surface area (TPSA) is 80.3 Å². The maximum atomic E-state index is 8.93. The molecule has 0 aliphatic heterocycles. The molecular weight excluding hydrogens is 361 g/mol. The van der Waals surface area contributed by atoms with Crippen molar-refractivity contribution in [3.63, 3.8) is 0 Å². The second-order valence-corrected chi connectivity index (χ2v) is 0.575. The van der Waals surface area contributed by atoms with Gasteiger partial charge in [-0.1, -0.05) is 0 Å². The maximum Gasteiger partial charge on any atom is 2.00 e. The van der Waals surface area contributed by atoms with Gasteiger partial charge in [-0.05, 0) is 0 Å². The van der Waals surface area contributed by atoms with Gasteiger partial charge in [0, 0.05) is 103 Å². The quantitative estimate of drug-likeness (QED) is 0.323. The first-order valence-electron chi connectivity index (χ1n) is 1.07. The van der Waals surface area contributed by atoms with Gasteiger partial charge in [-0.2, -0.15) is 0 Å². The summed E-state index contributed by atoms with van der Waals surface area (Å²) in [5.74, 6) is -4.37. The van der Waals surface area contributed by atoms with Crippen LogP contribution in [0.2, 0.25) is 0 Å². The van der Waals surface area contributed by atoms with Gasteiger partial charge < -0.3 is 19.8 Å². The fraction of sp³-hybridized carbons (Fsp3) is 0. The van der Waals surface area contributed by atoms with Crippen LogP contribution in [0.15, 0.2) is 0 Å². The molecule has 0 heterocycles. The molecule has 0 amide bonds. The summed E-state index contributed by atoms with van der Waals surface area (Å²) in [4.78, 5) is 17.9. The van der Waals surface area contributed by atoms with Crippen molar-refractivity contribution in [3.05, 3.63) is 0 Å². The van der Waals surface area contributed by atoms with Gasteiger partial charge in [0.15, 0.2) is 0 Å². The fourth-order valence-electron chi connectivity index (χ4n) is 0. The van der Waals surface area contributed by atoms with Crippen LogP contribution in [0.5, 0.6) is 0 Å². The molecule has 0 aromatic carbocycles. The van der Waals surface area contributed by atoms with Gasteiger partial charge in [0.05, 0.1) is 11.9 Å². The third-order valence-corrected chi connectivity index (χ3v) is 0.167. The van der Waals surface area contributed by atoms with Crippen LogP contribution in [0.3, 0.4) is 0 Å². The van der Waals surface area contributed by atoms with E-state index in [1.54, 1.807) is 0 Å². The normalized spacial score (nSPS) is 4.89. The average molecular weight is 361 g/mol. The van der Waals surface area contributed by atoms with E-state index in [1.165, 1.54) is 0 Å². The zero-order valence-corrected chi connectivity index (χ0v) is 13.5. The molecule has 4 nitrogen and oxygen atoms in total. The van der Waals surface area contributed by atoms with Crippen LogP contribution >= 0.6 is 0 Å². The molecule has 0 saturated carbocycles. The Kier molecular flexibility index (Phi) is 34.0. The summed E-state index contributed by atoms with van der Waals surface area (Å²) in [6, 6.07) is 0. The minimum atomic E-state index is -2.19. The van der Waals surface area contributed by atoms with E-state index >= 15 is 0 Å². The number of hydrogen-bond donors (Lipinski definition) is 0. The Balaban J connectivity index is -0.0000000417. The maximum absolute atomic E-state index is 8.93. The van der Waals surface area contributed by atoms with Crippen LogP contribution in [0.1, 0.15) is 0 Å². The zero-order chi connectivity index (χ0) is 5.15. The van der Waals surface area contributed by atoms with E-state index in [4.69, 9.17) is 19.8 Å². The third kappa shape index (κ3) is 18.1. The summed E-state index contributed by atoms with van der Waals surface area (Å²) in [5, 5.41) is 17.9. The number of carboxylic acids is 2. The van der Waals surface area contributed by atoms with E-state index in [9.17, 15) is 0 Å². The molecule has 44 valence electrons. The predicted molar refractivity (Wildman–Crippen MR) is 21.5 cm³/mol. The van der Waals surface area contributed by atoms with Crippen molar-refractivity contribution in [2.75, 3.05) is 0 Å². The number of carbonyl (C=O) groups is 2. The predicted octanol–water partition coefficient (Wildman–Crippen LogP) is -4.28. The SMILES string of the molecule is O=C([O-])C(=O)[O-].[K].[K].[Pt+2]. The van der Waals surface area contributed by atoms with Crippen molar-refractivity contribution in [2.45, 2.75) is 0 Å². The Morgan fingerprint density at radius 3 is 1.00 bits per heavy atom. The molecule has 0 rings (SSSR count). The van der Waals surface area contributed by atoms with Crippen molar-refractivity contribution in [1.82, 2.24) is 0 Å². The molecule has 2 radical (unpaired) electrons. The summed E-state index contributed by atoms with van der Waals surface area (Å²) < 4.78 is 0. The number of carboxylic acid groups (broad SMARTS) is 2. The molecule has 0 aliphatic rings. The van der Waals surface area contributed by atoms with E-state index in [-0.39, 0.29) is 124 Å². The first kappa shape index (κ1) is 22.7. The van der Waals surface area contributed by atoms with Gasteiger partial charge in [-0.3, -0.25) is 0 Å². The van der Waals surface area contributed by atoms with Crippen molar-refractivity contribution in [3.8, 4) is 0 Å².